The number of carboxylic acid groups (broad SMARTS) is 1. The van der Waals surface area contributed by atoms with Gasteiger partial charge in [0, 0.05) is 6.04 Å². The van der Waals surface area contributed by atoms with E-state index in [1.165, 1.54) is 12.1 Å². The molecule has 2 unspecified atom stereocenters. The molecule has 1 saturated carbocycles. The van der Waals surface area contributed by atoms with Gasteiger partial charge in [0.1, 0.15) is 5.75 Å². The zero-order chi connectivity index (χ0) is 13.8. The van der Waals surface area contributed by atoms with Crippen molar-refractivity contribution in [1.29, 1.82) is 0 Å². The second-order valence-electron chi connectivity index (χ2n) is 4.83. The van der Waals surface area contributed by atoms with Gasteiger partial charge < -0.3 is 15.5 Å². The highest BCUT2D eigenvalue weighted by molar-refractivity contribution is 5.97. The van der Waals surface area contributed by atoms with Gasteiger partial charge in [0.05, 0.1) is 11.5 Å². The highest BCUT2D eigenvalue weighted by Gasteiger charge is 2.32. The molecule has 102 valence electrons. The van der Waals surface area contributed by atoms with Crippen LogP contribution in [0.3, 0.4) is 0 Å². The Morgan fingerprint density at radius 2 is 1.84 bits per heavy atom. The standard InChI is InChI=1S/C14H17NO4/c16-12-8-4-2-6-10(12)13(17)15-11-7-3-1-5-9(11)14(18)19/h2,4,6,8-9,11,16H,1,3,5,7H2,(H,15,17)(H,18,19). The molecule has 1 aromatic carbocycles. The van der Waals surface area contributed by atoms with Gasteiger partial charge in [-0.25, -0.2) is 0 Å². The summed E-state index contributed by atoms with van der Waals surface area (Å²) in [7, 11) is 0. The Balaban J connectivity index is 2.09. The van der Waals surface area contributed by atoms with Gasteiger partial charge in [-0.2, -0.15) is 0 Å². The minimum Gasteiger partial charge on any atom is -0.507 e. The Hall–Kier alpha value is -2.04. The molecular formula is C14H17NO4. The first-order chi connectivity index (χ1) is 9.09. The number of amides is 1. The lowest BCUT2D eigenvalue weighted by molar-refractivity contribution is -0.143. The molecule has 1 aliphatic rings. The number of carboxylic acids is 1. The number of hydrogen-bond donors (Lipinski definition) is 3. The molecule has 1 fully saturated rings. The monoisotopic (exact) mass is 263 g/mol. The Kier molecular flexibility index (Phi) is 4.04. The third-order valence-corrected chi connectivity index (χ3v) is 3.55. The summed E-state index contributed by atoms with van der Waals surface area (Å²) >= 11 is 0. The van der Waals surface area contributed by atoms with Crippen LogP contribution in [-0.2, 0) is 4.79 Å². The van der Waals surface area contributed by atoms with E-state index in [9.17, 15) is 14.7 Å². The van der Waals surface area contributed by atoms with E-state index >= 15 is 0 Å². The number of aliphatic carboxylic acids is 1. The fraction of sp³-hybridized carbons (Fsp3) is 0.429. The second kappa shape index (κ2) is 5.73. The van der Waals surface area contributed by atoms with Gasteiger partial charge in [-0.15, -0.1) is 0 Å². The molecule has 0 saturated heterocycles. The largest absolute Gasteiger partial charge is 0.507 e. The normalized spacial score (nSPS) is 22.7. The summed E-state index contributed by atoms with van der Waals surface area (Å²) in [5.74, 6) is -1.93. The molecule has 5 heteroatoms. The van der Waals surface area contributed by atoms with Crippen LogP contribution >= 0.6 is 0 Å². The number of nitrogens with one attached hydrogen (secondary N) is 1. The van der Waals surface area contributed by atoms with E-state index < -0.39 is 17.8 Å². The van der Waals surface area contributed by atoms with Crippen molar-refractivity contribution in [3.05, 3.63) is 29.8 Å². The quantitative estimate of drug-likeness (QED) is 0.775. The minimum absolute atomic E-state index is 0.0947. The number of carbonyl (C=O) groups is 2. The SMILES string of the molecule is O=C(NC1CCCCC1C(=O)O)c1ccccc1O. The fourth-order valence-corrected chi connectivity index (χ4v) is 2.51. The number of para-hydroxylation sites is 1. The molecule has 0 spiro atoms. The van der Waals surface area contributed by atoms with Crippen LogP contribution < -0.4 is 5.32 Å². The summed E-state index contributed by atoms with van der Waals surface area (Å²) in [5, 5.41) is 21.5. The van der Waals surface area contributed by atoms with Crippen molar-refractivity contribution in [3.8, 4) is 5.75 Å². The van der Waals surface area contributed by atoms with Crippen LogP contribution in [0.5, 0.6) is 5.75 Å². The van der Waals surface area contributed by atoms with Crippen LogP contribution in [0.15, 0.2) is 24.3 Å². The summed E-state index contributed by atoms with van der Waals surface area (Å²) in [6, 6.07) is 5.88. The highest BCUT2D eigenvalue weighted by Crippen LogP contribution is 2.25. The number of carbonyl (C=O) groups excluding carboxylic acids is 1. The molecule has 1 amide bonds. The third-order valence-electron chi connectivity index (χ3n) is 3.55. The molecule has 0 aliphatic heterocycles. The van der Waals surface area contributed by atoms with E-state index in [4.69, 9.17) is 5.11 Å². The maximum Gasteiger partial charge on any atom is 0.308 e. The van der Waals surface area contributed by atoms with E-state index in [1.54, 1.807) is 12.1 Å². The molecule has 5 nitrogen and oxygen atoms in total. The molecule has 1 aliphatic carbocycles. The number of rotatable bonds is 3. The smallest absolute Gasteiger partial charge is 0.308 e. The van der Waals surface area contributed by atoms with E-state index in [1.807, 2.05) is 0 Å². The van der Waals surface area contributed by atoms with E-state index in [-0.39, 0.29) is 17.4 Å². The average Bonchev–Trinajstić information content (AvgIpc) is 2.39. The summed E-state index contributed by atoms with van der Waals surface area (Å²) in [6.07, 6.45) is 3.03. The van der Waals surface area contributed by atoms with Gasteiger partial charge in [0.2, 0.25) is 0 Å². The van der Waals surface area contributed by atoms with Gasteiger partial charge in [0.15, 0.2) is 0 Å². The van der Waals surface area contributed by atoms with Gasteiger partial charge in [0.25, 0.3) is 5.91 Å². The molecule has 2 rings (SSSR count). The average molecular weight is 263 g/mol. The van der Waals surface area contributed by atoms with Crippen LogP contribution in [0.25, 0.3) is 0 Å². The Morgan fingerprint density at radius 3 is 2.53 bits per heavy atom. The van der Waals surface area contributed by atoms with Crippen molar-refractivity contribution in [2.45, 2.75) is 31.7 Å². The maximum atomic E-state index is 12.0. The van der Waals surface area contributed by atoms with Crippen LogP contribution in [-0.4, -0.2) is 28.1 Å². The molecule has 0 radical (unpaired) electrons. The molecule has 2 atom stereocenters. The first-order valence-electron chi connectivity index (χ1n) is 6.41. The molecular weight excluding hydrogens is 246 g/mol. The number of hydrogen-bond acceptors (Lipinski definition) is 3. The Morgan fingerprint density at radius 1 is 1.16 bits per heavy atom. The van der Waals surface area contributed by atoms with Crippen molar-refractivity contribution in [2.75, 3.05) is 0 Å². The van der Waals surface area contributed by atoms with E-state index in [0.717, 1.165) is 12.8 Å². The zero-order valence-electron chi connectivity index (χ0n) is 10.5. The van der Waals surface area contributed by atoms with Crippen molar-refractivity contribution in [3.63, 3.8) is 0 Å². The van der Waals surface area contributed by atoms with Crippen LogP contribution in [0.2, 0.25) is 0 Å². The predicted molar refractivity (Wildman–Crippen MR) is 69.0 cm³/mol. The van der Waals surface area contributed by atoms with Gasteiger partial charge in [-0.1, -0.05) is 25.0 Å². The zero-order valence-corrected chi connectivity index (χ0v) is 10.5. The highest BCUT2D eigenvalue weighted by atomic mass is 16.4. The van der Waals surface area contributed by atoms with Crippen LogP contribution in [0.4, 0.5) is 0 Å². The lowest BCUT2D eigenvalue weighted by Gasteiger charge is -2.29. The molecule has 19 heavy (non-hydrogen) atoms. The van der Waals surface area contributed by atoms with Crippen LogP contribution in [0.1, 0.15) is 36.0 Å². The van der Waals surface area contributed by atoms with E-state index in [2.05, 4.69) is 5.32 Å². The first-order valence-corrected chi connectivity index (χ1v) is 6.41. The Bertz CT molecular complexity index is 486. The van der Waals surface area contributed by atoms with Crippen molar-refractivity contribution in [1.82, 2.24) is 5.32 Å². The topological polar surface area (TPSA) is 86.6 Å². The van der Waals surface area contributed by atoms with Crippen molar-refractivity contribution < 1.29 is 19.8 Å². The number of phenolic OH excluding ortho intramolecular Hbond substituents is 1. The number of aromatic hydroxyl groups is 1. The number of benzene rings is 1. The number of phenols is 1. The Labute approximate surface area is 111 Å². The molecule has 1 aromatic rings. The summed E-state index contributed by atoms with van der Waals surface area (Å²) in [4.78, 5) is 23.2. The van der Waals surface area contributed by atoms with Crippen LogP contribution in [0, 0.1) is 5.92 Å². The summed E-state index contributed by atoms with van der Waals surface area (Å²) in [6.45, 7) is 0. The van der Waals surface area contributed by atoms with Gasteiger partial charge in [-0.3, -0.25) is 9.59 Å². The fourth-order valence-electron chi connectivity index (χ4n) is 2.51. The molecule has 0 bridgehead atoms. The minimum atomic E-state index is -0.873. The van der Waals surface area contributed by atoms with E-state index in [0.29, 0.717) is 12.8 Å². The third kappa shape index (κ3) is 3.05. The molecule has 0 heterocycles. The van der Waals surface area contributed by atoms with Gasteiger partial charge >= 0.3 is 5.97 Å². The second-order valence-corrected chi connectivity index (χ2v) is 4.83. The molecule has 0 aromatic heterocycles. The summed E-state index contributed by atoms with van der Waals surface area (Å²) < 4.78 is 0. The molecule has 3 N–H and O–H groups in total. The van der Waals surface area contributed by atoms with Crippen molar-refractivity contribution >= 4 is 11.9 Å². The lowest BCUT2D eigenvalue weighted by atomic mass is 9.84. The first kappa shape index (κ1) is 13.4. The van der Waals surface area contributed by atoms with Crippen molar-refractivity contribution in [2.24, 2.45) is 5.92 Å². The van der Waals surface area contributed by atoms with Gasteiger partial charge in [-0.05, 0) is 25.0 Å². The summed E-state index contributed by atoms with van der Waals surface area (Å²) in [5.41, 5.74) is 0.178. The predicted octanol–water partition coefficient (Wildman–Crippen LogP) is 1.77. The maximum absolute atomic E-state index is 12.0. The lowest BCUT2D eigenvalue weighted by Crippen LogP contribution is -2.45.